The van der Waals surface area contributed by atoms with E-state index >= 15 is 0 Å². The zero-order valence-corrected chi connectivity index (χ0v) is 12.1. The lowest BCUT2D eigenvalue weighted by molar-refractivity contribution is 0.462. The normalized spacial score (nSPS) is 17.1. The standard InChI is InChI=1S/C15H18ClFN2/c1-10-7-13-12(8-11(10)17)18-14(3-6-16)19(13)9-15(2)4-5-15/h7-8H,3-6,9H2,1-2H3. The van der Waals surface area contributed by atoms with Gasteiger partial charge in [-0.2, -0.15) is 0 Å². The highest BCUT2D eigenvalue weighted by atomic mass is 35.5. The van der Waals surface area contributed by atoms with Gasteiger partial charge in [0.05, 0.1) is 11.0 Å². The number of hydrogen-bond acceptors (Lipinski definition) is 1. The predicted molar refractivity (Wildman–Crippen MR) is 76.2 cm³/mol. The number of nitrogens with zero attached hydrogens (tertiary/aromatic N) is 2. The average Bonchev–Trinajstić information content (AvgIpc) is 3.00. The number of benzene rings is 1. The molecule has 1 fully saturated rings. The van der Waals surface area contributed by atoms with E-state index in [2.05, 4.69) is 16.5 Å². The van der Waals surface area contributed by atoms with E-state index in [0.29, 0.717) is 16.9 Å². The van der Waals surface area contributed by atoms with Crippen LogP contribution in [0.25, 0.3) is 11.0 Å². The van der Waals surface area contributed by atoms with E-state index in [1.165, 1.54) is 18.9 Å². The highest BCUT2D eigenvalue weighted by molar-refractivity contribution is 6.17. The zero-order valence-electron chi connectivity index (χ0n) is 11.3. The molecule has 0 spiro atoms. The van der Waals surface area contributed by atoms with Crippen LogP contribution in [0, 0.1) is 18.2 Å². The summed E-state index contributed by atoms with van der Waals surface area (Å²) in [6.07, 6.45) is 3.24. The van der Waals surface area contributed by atoms with E-state index in [-0.39, 0.29) is 5.82 Å². The second-order valence-corrected chi connectivity index (χ2v) is 6.33. The number of alkyl halides is 1. The third-order valence-corrected chi connectivity index (χ3v) is 4.26. The molecule has 1 saturated carbocycles. The minimum Gasteiger partial charge on any atom is -0.327 e. The van der Waals surface area contributed by atoms with Gasteiger partial charge in [-0.05, 0) is 36.8 Å². The monoisotopic (exact) mass is 280 g/mol. The number of hydrogen-bond donors (Lipinski definition) is 0. The van der Waals surface area contributed by atoms with Crippen molar-refractivity contribution < 1.29 is 4.39 Å². The van der Waals surface area contributed by atoms with Crippen LogP contribution >= 0.6 is 11.6 Å². The fourth-order valence-corrected chi connectivity index (χ4v) is 2.67. The second kappa shape index (κ2) is 4.48. The van der Waals surface area contributed by atoms with Crippen molar-refractivity contribution in [2.24, 2.45) is 5.41 Å². The fraction of sp³-hybridized carbons (Fsp3) is 0.533. The third kappa shape index (κ3) is 2.36. The highest BCUT2D eigenvalue weighted by Crippen LogP contribution is 2.47. The van der Waals surface area contributed by atoms with Crippen LogP contribution in [0.1, 0.15) is 31.2 Å². The SMILES string of the molecule is Cc1cc2c(cc1F)nc(CCCl)n2CC1(C)CC1. The van der Waals surface area contributed by atoms with E-state index in [1.807, 2.05) is 6.07 Å². The van der Waals surface area contributed by atoms with Crippen LogP contribution in [-0.2, 0) is 13.0 Å². The van der Waals surface area contributed by atoms with Gasteiger partial charge < -0.3 is 4.57 Å². The molecule has 0 unspecified atom stereocenters. The molecule has 2 aromatic rings. The van der Waals surface area contributed by atoms with Crippen LogP contribution in [0.2, 0.25) is 0 Å². The molecule has 1 aromatic heterocycles. The Morgan fingerprint density at radius 3 is 2.79 bits per heavy atom. The van der Waals surface area contributed by atoms with E-state index in [4.69, 9.17) is 11.6 Å². The molecular formula is C15H18ClFN2. The van der Waals surface area contributed by atoms with Gasteiger partial charge in [-0.3, -0.25) is 0 Å². The summed E-state index contributed by atoms with van der Waals surface area (Å²) in [5.41, 5.74) is 2.84. The summed E-state index contributed by atoms with van der Waals surface area (Å²) < 4.78 is 15.9. The van der Waals surface area contributed by atoms with Crippen LogP contribution in [0.4, 0.5) is 4.39 Å². The molecule has 102 valence electrons. The summed E-state index contributed by atoms with van der Waals surface area (Å²) in [5.74, 6) is 1.33. The molecule has 2 nitrogen and oxygen atoms in total. The van der Waals surface area contributed by atoms with Crippen molar-refractivity contribution >= 4 is 22.6 Å². The van der Waals surface area contributed by atoms with Crippen LogP contribution in [0.3, 0.4) is 0 Å². The summed E-state index contributed by atoms with van der Waals surface area (Å²) in [6, 6.07) is 3.44. The van der Waals surface area contributed by atoms with E-state index in [1.54, 1.807) is 6.92 Å². The molecule has 4 heteroatoms. The van der Waals surface area contributed by atoms with Gasteiger partial charge in [0.15, 0.2) is 0 Å². The smallest absolute Gasteiger partial charge is 0.128 e. The van der Waals surface area contributed by atoms with Crippen molar-refractivity contribution in [3.05, 3.63) is 29.3 Å². The molecule has 0 radical (unpaired) electrons. The number of imidazole rings is 1. The van der Waals surface area contributed by atoms with Crippen molar-refractivity contribution in [1.82, 2.24) is 9.55 Å². The molecule has 19 heavy (non-hydrogen) atoms. The topological polar surface area (TPSA) is 17.8 Å². The van der Waals surface area contributed by atoms with Gasteiger partial charge >= 0.3 is 0 Å². The largest absolute Gasteiger partial charge is 0.327 e. The van der Waals surface area contributed by atoms with Crippen molar-refractivity contribution in [2.45, 2.75) is 39.7 Å². The Kier molecular flexibility index (Phi) is 3.05. The first-order chi connectivity index (χ1) is 9.02. The van der Waals surface area contributed by atoms with Crippen molar-refractivity contribution in [2.75, 3.05) is 5.88 Å². The van der Waals surface area contributed by atoms with Crippen LogP contribution in [0.15, 0.2) is 12.1 Å². The molecule has 1 aliphatic rings. The molecule has 0 N–H and O–H groups in total. The first-order valence-electron chi connectivity index (χ1n) is 6.74. The van der Waals surface area contributed by atoms with Crippen molar-refractivity contribution in [1.29, 1.82) is 0 Å². The number of aryl methyl sites for hydroxylation is 2. The predicted octanol–water partition coefficient (Wildman–Crippen LogP) is 4.07. The minimum absolute atomic E-state index is 0.188. The molecule has 0 bridgehead atoms. The Bertz CT molecular complexity index is 629. The molecule has 1 aromatic carbocycles. The Labute approximate surface area is 117 Å². The molecular weight excluding hydrogens is 263 g/mol. The zero-order chi connectivity index (χ0) is 13.6. The van der Waals surface area contributed by atoms with Gasteiger partial charge in [-0.15, -0.1) is 11.6 Å². The van der Waals surface area contributed by atoms with Gasteiger partial charge in [-0.25, -0.2) is 9.37 Å². The molecule has 3 rings (SSSR count). The molecule has 0 saturated heterocycles. The Morgan fingerprint density at radius 1 is 1.42 bits per heavy atom. The molecule has 0 aliphatic heterocycles. The Morgan fingerprint density at radius 2 is 2.16 bits per heavy atom. The van der Waals surface area contributed by atoms with Crippen LogP contribution < -0.4 is 0 Å². The van der Waals surface area contributed by atoms with Gasteiger partial charge in [-0.1, -0.05) is 6.92 Å². The number of rotatable bonds is 4. The van der Waals surface area contributed by atoms with Gasteiger partial charge in [0.1, 0.15) is 11.6 Å². The van der Waals surface area contributed by atoms with Gasteiger partial charge in [0.2, 0.25) is 0 Å². The maximum absolute atomic E-state index is 13.7. The lowest BCUT2D eigenvalue weighted by atomic mass is 10.1. The maximum atomic E-state index is 13.7. The van der Waals surface area contributed by atoms with E-state index in [0.717, 1.165) is 29.8 Å². The van der Waals surface area contributed by atoms with Crippen LogP contribution in [-0.4, -0.2) is 15.4 Å². The first-order valence-corrected chi connectivity index (χ1v) is 7.27. The molecule has 0 atom stereocenters. The second-order valence-electron chi connectivity index (χ2n) is 5.95. The Hall–Kier alpha value is -1.09. The fourth-order valence-electron chi connectivity index (χ4n) is 2.50. The summed E-state index contributed by atoms with van der Waals surface area (Å²) in [5, 5.41) is 0. The third-order valence-electron chi connectivity index (χ3n) is 4.07. The number of aromatic nitrogens is 2. The Balaban J connectivity index is 2.13. The van der Waals surface area contributed by atoms with Gasteiger partial charge in [0, 0.05) is 24.9 Å². The lowest BCUT2D eigenvalue weighted by Crippen LogP contribution is -2.11. The van der Waals surface area contributed by atoms with E-state index in [9.17, 15) is 4.39 Å². The summed E-state index contributed by atoms with van der Waals surface area (Å²) in [6.45, 7) is 5.05. The van der Waals surface area contributed by atoms with Crippen molar-refractivity contribution in [3.63, 3.8) is 0 Å². The molecule has 0 amide bonds. The first kappa shape index (κ1) is 12.9. The average molecular weight is 281 g/mol. The van der Waals surface area contributed by atoms with Gasteiger partial charge in [0.25, 0.3) is 0 Å². The maximum Gasteiger partial charge on any atom is 0.128 e. The minimum atomic E-state index is -0.188. The molecule has 1 heterocycles. The quantitative estimate of drug-likeness (QED) is 0.772. The lowest BCUT2D eigenvalue weighted by Gasteiger charge is -2.13. The number of halogens is 2. The highest BCUT2D eigenvalue weighted by Gasteiger charge is 2.38. The van der Waals surface area contributed by atoms with Crippen LogP contribution in [0.5, 0.6) is 0 Å². The molecule has 1 aliphatic carbocycles. The number of fused-ring (bicyclic) bond motifs is 1. The summed E-state index contributed by atoms with van der Waals surface area (Å²) in [7, 11) is 0. The van der Waals surface area contributed by atoms with E-state index < -0.39 is 0 Å². The summed E-state index contributed by atoms with van der Waals surface area (Å²) >= 11 is 5.86. The summed E-state index contributed by atoms with van der Waals surface area (Å²) in [4.78, 5) is 4.55. The van der Waals surface area contributed by atoms with Crippen molar-refractivity contribution in [3.8, 4) is 0 Å².